The lowest BCUT2D eigenvalue weighted by Crippen LogP contribution is -2.35. The number of carbonyl (C=O) groups excluding carboxylic acids is 1. The van der Waals surface area contributed by atoms with Crippen molar-refractivity contribution in [1.29, 1.82) is 5.26 Å². The molecule has 0 atom stereocenters. The van der Waals surface area contributed by atoms with Crippen LogP contribution in [-0.2, 0) is 4.79 Å². The Morgan fingerprint density at radius 1 is 1.09 bits per heavy atom. The first-order valence-corrected chi connectivity index (χ1v) is 13.4. The highest BCUT2D eigenvalue weighted by atomic mass is 32.2. The average Bonchev–Trinajstić information content (AvgIpc) is 3.49. The fraction of sp³-hybridized carbons (Fsp3) is 0.296. The Kier molecular flexibility index (Phi) is 7.40. The van der Waals surface area contributed by atoms with Crippen LogP contribution in [0, 0.1) is 11.3 Å². The summed E-state index contributed by atoms with van der Waals surface area (Å²) in [5.74, 6) is 0.0588. The molecule has 0 radical (unpaired) electrons. The summed E-state index contributed by atoms with van der Waals surface area (Å²) in [4.78, 5) is 29.6. The molecule has 3 aromatic rings. The summed E-state index contributed by atoms with van der Waals surface area (Å²) in [6, 6.07) is 17.8. The summed E-state index contributed by atoms with van der Waals surface area (Å²) < 4.78 is 2.39. The molecule has 1 aliphatic heterocycles. The Morgan fingerprint density at radius 2 is 1.74 bits per heavy atom. The van der Waals surface area contributed by atoms with Crippen LogP contribution in [0.5, 0.6) is 0 Å². The Hall–Kier alpha value is -3.08. The maximum Gasteiger partial charge on any atom is 0.273 e. The van der Waals surface area contributed by atoms with Crippen LogP contribution in [0.4, 0.5) is 0 Å². The summed E-state index contributed by atoms with van der Waals surface area (Å²) in [5, 5.41) is 9.99. The molecular weight excluding hydrogens is 462 g/mol. The SMILES string of the molecule is CSc1ccc(/C=c2\s/c(=C(/C#N)C(=O)N3CCCC3)n(-c3ccc(C(C)C)cc3)c2=O)cc1. The molecule has 7 heteroatoms. The van der Waals surface area contributed by atoms with Crippen LogP contribution in [0.1, 0.15) is 43.7 Å². The van der Waals surface area contributed by atoms with Gasteiger partial charge in [-0.1, -0.05) is 38.1 Å². The van der Waals surface area contributed by atoms with Gasteiger partial charge in [-0.15, -0.1) is 23.1 Å². The number of thiazole rings is 1. The molecule has 1 fully saturated rings. The third-order valence-corrected chi connectivity index (χ3v) is 7.82. The van der Waals surface area contributed by atoms with Crippen molar-refractivity contribution < 1.29 is 4.79 Å². The van der Waals surface area contributed by atoms with Crippen molar-refractivity contribution in [2.75, 3.05) is 19.3 Å². The van der Waals surface area contributed by atoms with E-state index in [-0.39, 0.29) is 17.0 Å². The minimum absolute atomic E-state index is 0.0225. The molecule has 0 bridgehead atoms. The van der Waals surface area contributed by atoms with Gasteiger partial charge < -0.3 is 4.90 Å². The molecule has 2 heterocycles. The standard InChI is InChI=1S/C27H27N3O2S2/c1-18(2)20-8-10-21(11-9-20)30-26(32)24(16-19-6-12-22(33-3)13-7-19)34-27(30)23(17-28)25(31)29-14-4-5-15-29/h6-13,16,18H,4-5,14-15H2,1-3H3/b24-16-,27-23-. The van der Waals surface area contributed by atoms with Crippen LogP contribution in [0.25, 0.3) is 17.3 Å². The molecule has 34 heavy (non-hydrogen) atoms. The minimum Gasteiger partial charge on any atom is -0.338 e. The van der Waals surface area contributed by atoms with Gasteiger partial charge in [0.25, 0.3) is 11.5 Å². The van der Waals surface area contributed by atoms with Crippen molar-refractivity contribution in [3.63, 3.8) is 0 Å². The van der Waals surface area contributed by atoms with Crippen molar-refractivity contribution in [2.45, 2.75) is 37.5 Å². The normalized spacial score (nSPS) is 15.0. The molecule has 0 unspecified atom stereocenters. The molecular formula is C27H27N3O2S2. The van der Waals surface area contributed by atoms with Gasteiger partial charge in [0, 0.05) is 18.0 Å². The maximum atomic E-state index is 13.6. The van der Waals surface area contributed by atoms with Crippen molar-refractivity contribution in [3.8, 4) is 11.8 Å². The highest BCUT2D eigenvalue weighted by Gasteiger charge is 2.24. The summed E-state index contributed by atoms with van der Waals surface area (Å²) in [7, 11) is 0. The van der Waals surface area contributed by atoms with Crippen molar-refractivity contribution >= 4 is 40.7 Å². The van der Waals surface area contributed by atoms with Gasteiger partial charge in [-0.05, 0) is 66.5 Å². The Labute approximate surface area is 207 Å². The predicted octanol–water partition coefficient (Wildman–Crippen LogP) is 3.87. The largest absolute Gasteiger partial charge is 0.338 e. The second kappa shape index (κ2) is 10.5. The van der Waals surface area contributed by atoms with E-state index < -0.39 is 0 Å². The molecule has 5 nitrogen and oxygen atoms in total. The first kappa shape index (κ1) is 24.1. The zero-order valence-electron chi connectivity index (χ0n) is 19.6. The minimum atomic E-state index is -0.301. The highest BCUT2D eigenvalue weighted by molar-refractivity contribution is 7.98. The van der Waals surface area contributed by atoms with E-state index >= 15 is 0 Å². The highest BCUT2D eigenvalue weighted by Crippen LogP contribution is 2.17. The number of nitrogens with zero attached hydrogens (tertiary/aromatic N) is 3. The molecule has 2 aromatic carbocycles. The first-order chi connectivity index (χ1) is 16.4. The van der Waals surface area contributed by atoms with E-state index in [0.717, 1.165) is 28.9 Å². The van der Waals surface area contributed by atoms with Crippen LogP contribution in [-0.4, -0.2) is 34.7 Å². The number of benzene rings is 2. The summed E-state index contributed by atoms with van der Waals surface area (Å²) >= 11 is 2.86. The molecule has 1 aliphatic rings. The van der Waals surface area contributed by atoms with Gasteiger partial charge in [0.15, 0.2) is 5.57 Å². The molecule has 0 aliphatic carbocycles. The van der Waals surface area contributed by atoms with Gasteiger partial charge in [0.1, 0.15) is 10.7 Å². The summed E-state index contributed by atoms with van der Waals surface area (Å²) in [5.41, 5.74) is 2.50. The summed E-state index contributed by atoms with van der Waals surface area (Å²) in [6.45, 7) is 5.51. The molecule has 1 amide bonds. The molecule has 0 saturated carbocycles. The molecule has 4 rings (SSSR count). The number of nitriles is 1. The van der Waals surface area contributed by atoms with Gasteiger partial charge in [-0.3, -0.25) is 14.2 Å². The Morgan fingerprint density at radius 3 is 2.29 bits per heavy atom. The number of aromatic nitrogens is 1. The molecule has 0 N–H and O–H groups in total. The molecule has 1 saturated heterocycles. The van der Waals surface area contributed by atoms with Crippen LogP contribution in [0.2, 0.25) is 0 Å². The van der Waals surface area contributed by atoms with Crippen molar-refractivity contribution in [3.05, 3.63) is 79.2 Å². The number of hydrogen-bond acceptors (Lipinski definition) is 5. The van der Waals surface area contributed by atoms with Crippen LogP contribution >= 0.6 is 23.1 Å². The molecule has 1 aromatic heterocycles. The first-order valence-electron chi connectivity index (χ1n) is 11.3. The zero-order chi connectivity index (χ0) is 24.2. The summed E-state index contributed by atoms with van der Waals surface area (Å²) in [6.07, 6.45) is 5.71. The topological polar surface area (TPSA) is 66.1 Å². The van der Waals surface area contributed by atoms with Gasteiger partial charge in [0.05, 0.1) is 10.2 Å². The molecule has 0 spiro atoms. The van der Waals surface area contributed by atoms with Crippen LogP contribution < -0.4 is 14.8 Å². The van der Waals surface area contributed by atoms with E-state index in [2.05, 4.69) is 19.9 Å². The second-order valence-electron chi connectivity index (χ2n) is 8.56. The monoisotopic (exact) mass is 489 g/mol. The van der Waals surface area contributed by atoms with Crippen LogP contribution in [0.3, 0.4) is 0 Å². The van der Waals surface area contributed by atoms with Gasteiger partial charge >= 0.3 is 0 Å². The lowest BCUT2D eigenvalue weighted by atomic mass is 10.0. The second-order valence-corrected chi connectivity index (χ2v) is 10.5. The number of thioether (sulfide) groups is 1. The quantitative estimate of drug-likeness (QED) is 0.511. The number of amides is 1. The smallest absolute Gasteiger partial charge is 0.273 e. The van der Waals surface area contributed by atoms with Gasteiger partial charge in [-0.25, -0.2) is 0 Å². The fourth-order valence-corrected chi connectivity index (χ4v) is 5.51. The van der Waals surface area contributed by atoms with Gasteiger partial charge in [0.2, 0.25) is 0 Å². The number of carbonyl (C=O) groups is 1. The van der Waals surface area contributed by atoms with Crippen molar-refractivity contribution in [2.24, 2.45) is 0 Å². The lowest BCUT2D eigenvalue weighted by Gasteiger charge is -2.14. The van der Waals surface area contributed by atoms with E-state index in [1.54, 1.807) is 16.7 Å². The van der Waals surface area contributed by atoms with E-state index in [9.17, 15) is 14.9 Å². The molecule has 174 valence electrons. The zero-order valence-corrected chi connectivity index (χ0v) is 21.2. The van der Waals surface area contributed by atoms with Crippen molar-refractivity contribution in [1.82, 2.24) is 9.47 Å². The number of rotatable bonds is 5. The average molecular weight is 490 g/mol. The fourth-order valence-electron chi connectivity index (χ4n) is 4.01. The maximum absolute atomic E-state index is 13.6. The van der Waals surface area contributed by atoms with Gasteiger partial charge in [-0.2, -0.15) is 5.26 Å². The number of hydrogen-bond donors (Lipinski definition) is 0. The predicted molar refractivity (Wildman–Crippen MR) is 140 cm³/mol. The van der Waals surface area contributed by atoms with E-state index in [4.69, 9.17) is 0 Å². The van der Waals surface area contributed by atoms with E-state index in [1.807, 2.05) is 60.9 Å². The third-order valence-electron chi connectivity index (χ3n) is 5.99. The Bertz CT molecular complexity index is 1400. The van der Waals surface area contributed by atoms with E-state index in [0.29, 0.717) is 33.9 Å². The third kappa shape index (κ3) is 4.89. The lowest BCUT2D eigenvalue weighted by molar-refractivity contribution is -0.123. The Balaban J connectivity index is 1.95. The number of likely N-dealkylation sites (tertiary alicyclic amines) is 1. The van der Waals surface area contributed by atoms with E-state index in [1.165, 1.54) is 15.9 Å². The van der Waals surface area contributed by atoms with Crippen LogP contribution in [0.15, 0.2) is 58.2 Å².